The Bertz CT molecular complexity index is 1240. The van der Waals surface area contributed by atoms with Crippen molar-refractivity contribution < 1.29 is 22.8 Å². The standard InChI is InChI=1S/C20H15Cl3F3N5O2S/c1-31-16(8-27-18(33)12-4-3-11(21)7-14(12)23)29-30-19(31)34-9-17(32)28-15-6-10(20(24,25)26)2-5-13(15)22/h2-7H,8-9H2,1H3,(H,27,33)(H,28,32). The Morgan fingerprint density at radius 1 is 1.06 bits per heavy atom. The van der Waals surface area contributed by atoms with E-state index in [0.717, 1.165) is 30.0 Å². The van der Waals surface area contributed by atoms with Crippen LogP contribution in [0.25, 0.3) is 0 Å². The molecule has 0 aliphatic carbocycles. The van der Waals surface area contributed by atoms with E-state index in [0.29, 0.717) is 16.0 Å². The number of halogens is 6. The Kier molecular flexibility index (Phi) is 8.34. The van der Waals surface area contributed by atoms with Crippen LogP contribution in [0.1, 0.15) is 21.7 Å². The zero-order valence-electron chi connectivity index (χ0n) is 17.2. The second-order valence-electron chi connectivity index (χ2n) is 6.79. The van der Waals surface area contributed by atoms with Gasteiger partial charge in [0.15, 0.2) is 11.0 Å². The molecule has 1 heterocycles. The number of anilines is 1. The van der Waals surface area contributed by atoms with E-state index in [2.05, 4.69) is 20.8 Å². The van der Waals surface area contributed by atoms with E-state index in [1.165, 1.54) is 18.2 Å². The van der Waals surface area contributed by atoms with Crippen LogP contribution < -0.4 is 10.6 Å². The highest BCUT2D eigenvalue weighted by molar-refractivity contribution is 7.99. The fourth-order valence-corrected chi connectivity index (χ4v) is 4.06. The Hall–Kier alpha value is -2.47. The number of thioether (sulfide) groups is 1. The van der Waals surface area contributed by atoms with Gasteiger partial charge in [-0.05, 0) is 36.4 Å². The first-order valence-electron chi connectivity index (χ1n) is 9.36. The predicted molar refractivity (Wildman–Crippen MR) is 124 cm³/mol. The van der Waals surface area contributed by atoms with Crippen LogP contribution in [0.15, 0.2) is 41.6 Å². The van der Waals surface area contributed by atoms with Crippen LogP contribution in [0.4, 0.5) is 18.9 Å². The van der Waals surface area contributed by atoms with Gasteiger partial charge in [-0.2, -0.15) is 13.2 Å². The summed E-state index contributed by atoms with van der Waals surface area (Å²) in [5.74, 6) is -0.773. The SMILES string of the molecule is Cn1c(CNC(=O)c2ccc(Cl)cc2Cl)nnc1SCC(=O)Nc1cc(C(F)(F)F)ccc1Cl. The topological polar surface area (TPSA) is 88.9 Å². The van der Waals surface area contributed by atoms with Crippen LogP contribution in [0, 0.1) is 0 Å². The lowest BCUT2D eigenvalue weighted by Gasteiger charge is -2.11. The molecule has 0 saturated heterocycles. The number of hydrogen-bond acceptors (Lipinski definition) is 5. The van der Waals surface area contributed by atoms with Crippen molar-refractivity contribution in [3.63, 3.8) is 0 Å². The number of aromatic nitrogens is 3. The minimum Gasteiger partial charge on any atom is -0.345 e. The second-order valence-corrected chi connectivity index (χ2v) is 8.99. The average molecular weight is 553 g/mol. The number of benzene rings is 2. The number of carbonyl (C=O) groups is 2. The number of nitrogens with one attached hydrogen (secondary N) is 2. The molecular formula is C20H15Cl3F3N5O2S. The summed E-state index contributed by atoms with van der Waals surface area (Å²) in [7, 11) is 1.64. The quantitative estimate of drug-likeness (QED) is 0.380. The minimum absolute atomic E-state index is 0.0242. The molecule has 0 unspecified atom stereocenters. The predicted octanol–water partition coefficient (Wildman–Crippen LogP) is 5.45. The van der Waals surface area contributed by atoms with Gasteiger partial charge in [-0.25, -0.2) is 0 Å². The maximum absolute atomic E-state index is 12.9. The van der Waals surface area contributed by atoms with Crippen molar-refractivity contribution in [3.8, 4) is 0 Å². The third-order valence-corrected chi connectivity index (χ3v) is 6.31. The summed E-state index contributed by atoms with van der Waals surface area (Å²) < 4.78 is 40.2. The first-order chi connectivity index (χ1) is 16.0. The summed E-state index contributed by atoms with van der Waals surface area (Å²) in [5.41, 5.74) is -0.836. The molecule has 0 radical (unpaired) electrons. The largest absolute Gasteiger partial charge is 0.416 e. The molecule has 3 aromatic rings. The van der Waals surface area contributed by atoms with Gasteiger partial charge < -0.3 is 15.2 Å². The highest BCUT2D eigenvalue weighted by atomic mass is 35.5. The summed E-state index contributed by atoms with van der Waals surface area (Å²) in [6.45, 7) is 0.0356. The Balaban J connectivity index is 1.57. The van der Waals surface area contributed by atoms with Crippen molar-refractivity contribution in [2.45, 2.75) is 17.9 Å². The van der Waals surface area contributed by atoms with E-state index in [1.807, 2.05) is 0 Å². The summed E-state index contributed by atoms with van der Waals surface area (Å²) in [6.07, 6.45) is -4.57. The van der Waals surface area contributed by atoms with Crippen molar-refractivity contribution in [1.29, 1.82) is 0 Å². The van der Waals surface area contributed by atoms with Crippen molar-refractivity contribution >= 4 is 64.1 Å². The molecule has 14 heteroatoms. The van der Waals surface area contributed by atoms with Crippen LogP contribution in [-0.4, -0.2) is 32.3 Å². The van der Waals surface area contributed by atoms with E-state index in [-0.39, 0.29) is 33.6 Å². The fraction of sp³-hybridized carbons (Fsp3) is 0.200. The zero-order chi connectivity index (χ0) is 25.0. The van der Waals surface area contributed by atoms with Gasteiger partial charge in [0.05, 0.1) is 39.2 Å². The summed E-state index contributed by atoms with van der Waals surface area (Å²) in [6, 6.07) is 7.14. The third kappa shape index (κ3) is 6.56. The van der Waals surface area contributed by atoms with Gasteiger partial charge in [-0.1, -0.05) is 46.6 Å². The molecule has 2 amide bonds. The monoisotopic (exact) mass is 551 g/mol. The number of amides is 2. The molecule has 0 fully saturated rings. The van der Waals surface area contributed by atoms with Gasteiger partial charge in [-0.15, -0.1) is 10.2 Å². The van der Waals surface area contributed by atoms with Crippen LogP contribution in [0.5, 0.6) is 0 Å². The van der Waals surface area contributed by atoms with E-state index >= 15 is 0 Å². The second kappa shape index (κ2) is 10.9. The van der Waals surface area contributed by atoms with Crippen molar-refractivity contribution in [1.82, 2.24) is 20.1 Å². The molecule has 180 valence electrons. The first kappa shape index (κ1) is 26.1. The Morgan fingerprint density at radius 3 is 2.47 bits per heavy atom. The molecule has 0 atom stereocenters. The van der Waals surface area contributed by atoms with Gasteiger partial charge in [-0.3, -0.25) is 9.59 Å². The van der Waals surface area contributed by atoms with E-state index in [9.17, 15) is 22.8 Å². The highest BCUT2D eigenvalue weighted by Gasteiger charge is 2.31. The maximum Gasteiger partial charge on any atom is 0.416 e. The lowest BCUT2D eigenvalue weighted by molar-refractivity contribution is -0.137. The van der Waals surface area contributed by atoms with E-state index in [1.54, 1.807) is 11.6 Å². The number of rotatable bonds is 7. The molecule has 3 rings (SSSR count). The minimum atomic E-state index is -4.57. The molecule has 2 N–H and O–H groups in total. The van der Waals surface area contributed by atoms with Gasteiger partial charge in [0.2, 0.25) is 5.91 Å². The highest BCUT2D eigenvalue weighted by Crippen LogP contribution is 2.34. The number of carbonyl (C=O) groups excluding carboxylic acids is 2. The van der Waals surface area contributed by atoms with Crippen molar-refractivity contribution in [2.75, 3.05) is 11.1 Å². The summed E-state index contributed by atoms with van der Waals surface area (Å²) in [5, 5.41) is 13.9. The molecule has 34 heavy (non-hydrogen) atoms. The molecule has 0 aliphatic rings. The van der Waals surface area contributed by atoms with Crippen molar-refractivity contribution in [2.24, 2.45) is 7.05 Å². The molecule has 2 aromatic carbocycles. The maximum atomic E-state index is 12.9. The molecule has 0 spiro atoms. The van der Waals surface area contributed by atoms with Crippen LogP contribution >= 0.6 is 46.6 Å². The van der Waals surface area contributed by atoms with Gasteiger partial charge in [0.1, 0.15) is 0 Å². The summed E-state index contributed by atoms with van der Waals surface area (Å²) >= 11 is 18.8. The van der Waals surface area contributed by atoms with Gasteiger partial charge in [0, 0.05) is 12.1 Å². The van der Waals surface area contributed by atoms with E-state index < -0.39 is 23.6 Å². The number of alkyl halides is 3. The van der Waals surface area contributed by atoms with Crippen LogP contribution in [0.2, 0.25) is 15.1 Å². The normalized spacial score (nSPS) is 11.4. The molecule has 1 aromatic heterocycles. The molecule has 0 bridgehead atoms. The summed E-state index contributed by atoms with van der Waals surface area (Å²) in [4.78, 5) is 24.6. The molecular weight excluding hydrogens is 538 g/mol. The van der Waals surface area contributed by atoms with E-state index in [4.69, 9.17) is 34.8 Å². The smallest absolute Gasteiger partial charge is 0.345 e. The Labute approximate surface area is 211 Å². The van der Waals surface area contributed by atoms with Gasteiger partial charge >= 0.3 is 6.18 Å². The zero-order valence-corrected chi connectivity index (χ0v) is 20.3. The lowest BCUT2D eigenvalue weighted by Crippen LogP contribution is -2.24. The molecule has 0 saturated carbocycles. The Morgan fingerprint density at radius 2 is 1.79 bits per heavy atom. The third-order valence-electron chi connectivity index (χ3n) is 4.41. The lowest BCUT2D eigenvalue weighted by atomic mass is 10.2. The fourth-order valence-electron chi connectivity index (χ4n) is 2.67. The van der Waals surface area contributed by atoms with Gasteiger partial charge in [0.25, 0.3) is 5.91 Å². The first-order valence-corrected chi connectivity index (χ1v) is 11.5. The molecule has 7 nitrogen and oxygen atoms in total. The average Bonchev–Trinajstić information content (AvgIpc) is 3.10. The number of hydrogen-bond donors (Lipinski definition) is 2. The van der Waals surface area contributed by atoms with Crippen LogP contribution in [0.3, 0.4) is 0 Å². The molecule has 0 aliphatic heterocycles. The van der Waals surface area contributed by atoms with Crippen LogP contribution in [-0.2, 0) is 24.6 Å². The number of nitrogens with zero attached hydrogens (tertiary/aromatic N) is 3. The van der Waals surface area contributed by atoms with Crippen molar-refractivity contribution in [3.05, 3.63) is 68.4 Å².